The van der Waals surface area contributed by atoms with Gasteiger partial charge in [-0.3, -0.25) is 9.48 Å². The van der Waals surface area contributed by atoms with Crippen LogP contribution in [-0.4, -0.2) is 31.0 Å². The molecule has 7 heteroatoms. The standard InChI is InChI=1S/C20H26BrN5O/c1-12-18(21)13(2)26(23-12)11-25-4-3-17(24-25)19(27)22-20-8-14-5-15(9-20)7-16(6-14)10-20/h3-4,14-16H,5-11H2,1-2H3,(H,22,27). The Labute approximate surface area is 167 Å². The molecule has 0 atom stereocenters. The van der Waals surface area contributed by atoms with Crippen LogP contribution in [0.4, 0.5) is 0 Å². The molecule has 6 rings (SSSR count). The number of hydrogen-bond acceptors (Lipinski definition) is 3. The monoisotopic (exact) mass is 431 g/mol. The van der Waals surface area contributed by atoms with Gasteiger partial charge in [-0.1, -0.05) is 0 Å². The minimum Gasteiger partial charge on any atom is -0.345 e. The fraction of sp³-hybridized carbons (Fsp3) is 0.650. The van der Waals surface area contributed by atoms with E-state index in [1.165, 1.54) is 19.3 Å². The summed E-state index contributed by atoms with van der Waals surface area (Å²) in [6, 6.07) is 1.82. The summed E-state index contributed by atoms with van der Waals surface area (Å²) in [5, 5.41) is 12.4. The highest BCUT2D eigenvalue weighted by atomic mass is 79.9. The van der Waals surface area contributed by atoms with Crippen LogP contribution in [0.15, 0.2) is 16.7 Å². The molecule has 0 aromatic carbocycles. The zero-order chi connectivity index (χ0) is 18.8. The Balaban J connectivity index is 1.30. The van der Waals surface area contributed by atoms with E-state index >= 15 is 0 Å². The molecule has 2 aromatic heterocycles. The van der Waals surface area contributed by atoms with Gasteiger partial charge in [0.2, 0.25) is 0 Å². The van der Waals surface area contributed by atoms with Gasteiger partial charge in [0, 0.05) is 11.7 Å². The fourth-order valence-electron chi connectivity index (χ4n) is 6.08. The van der Waals surface area contributed by atoms with Crippen LogP contribution in [0.25, 0.3) is 0 Å². The number of carbonyl (C=O) groups is 1. The average Bonchev–Trinajstić information content (AvgIpc) is 3.15. The normalized spacial score (nSPS) is 31.4. The maximum Gasteiger partial charge on any atom is 0.272 e. The van der Waals surface area contributed by atoms with Gasteiger partial charge in [-0.25, -0.2) is 4.68 Å². The van der Waals surface area contributed by atoms with Crippen molar-refractivity contribution in [3.05, 3.63) is 33.8 Å². The van der Waals surface area contributed by atoms with Crippen molar-refractivity contribution in [2.45, 2.75) is 64.6 Å². The molecule has 0 radical (unpaired) electrons. The molecule has 0 spiro atoms. The van der Waals surface area contributed by atoms with Crippen molar-refractivity contribution in [3.63, 3.8) is 0 Å². The van der Waals surface area contributed by atoms with Crippen LogP contribution in [0.5, 0.6) is 0 Å². The Kier molecular flexibility index (Phi) is 4.00. The molecule has 144 valence electrons. The van der Waals surface area contributed by atoms with Gasteiger partial charge in [-0.15, -0.1) is 0 Å². The van der Waals surface area contributed by atoms with Crippen molar-refractivity contribution < 1.29 is 4.79 Å². The molecule has 4 aliphatic rings. The maximum absolute atomic E-state index is 12.9. The Morgan fingerprint density at radius 2 is 1.81 bits per heavy atom. The van der Waals surface area contributed by atoms with Crippen LogP contribution in [0.2, 0.25) is 0 Å². The molecule has 4 bridgehead atoms. The Morgan fingerprint density at radius 3 is 2.37 bits per heavy atom. The largest absolute Gasteiger partial charge is 0.345 e. The smallest absolute Gasteiger partial charge is 0.272 e. The lowest BCUT2D eigenvalue weighted by molar-refractivity contribution is -0.0168. The molecular weight excluding hydrogens is 406 g/mol. The molecule has 2 heterocycles. The number of rotatable bonds is 4. The van der Waals surface area contributed by atoms with Gasteiger partial charge in [-0.05, 0) is 92.1 Å². The van der Waals surface area contributed by atoms with E-state index in [1.807, 2.05) is 30.8 Å². The summed E-state index contributed by atoms with van der Waals surface area (Å²) in [6.45, 7) is 4.50. The molecule has 0 saturated heterocycles. The number of carbonyl (C=O) groups excluding carboxylic acids is 1. The number of nitrogens with zero attached hydrogens (tertiary/aromatic N) is 4. The number of nitrogens with one attached hydrogen (secondary N) is 1. The second kappa shape index (κ2) is 6.19. The summed E-state index contributed by atoms with van der Waals surface area (Å²) in [4.78, 5) is 12.9. The van der Waals surface area contributed by atoms with E-state index < -0.39 is 0 Å². The number of amides is 1. The Bertz CT molecular complexity index is 863. The number of hydrogen-bond donors (Lipinski definition) is 1. The van der Waals surface area contributed by atoms with Gasteiger partial charge in [0.05, 0.1) is 15.9 Å². The predicted octanol–water partition coefficient (Wildman–Crippen LogP) is 3.66. The van der Waals surface area contributed by atoms with Crippen molar-refractivity contribution in [3.8, 4) is 0 Å². The third-order valence-corrected chi connectivity index (χ3v) is 8.01. The van der Waals surface area contributed by atoms with Crippen LogP contribution in [-0.2, 0) is 6.67 Å². The minimum absolute atomic E-state index is 0.0229. The summed E-state index contributed by atoms with van der Waals surface area (Å²) in [5.74, 6) is 2.43. The zero-order valence-electron chi connectivity index (χ0n) is 15.9. The first-order valence-corrected chi connectivity index (χ1v) is 10.8. The lowest BCUT2D eigenvalue weighted by Gasteiger charge is -2.56. The van der Waals surface area contributed by atoms with Gasteiger partial charge >= 0.3 is 0 Å². The van der Waals surface area contributed by atoms with Crippen molar-refractivity contribution in [2.75, 3.05) is 0 Å². The quantitative estimate of drug-likeness (QED) is 0.802. The number of halogens is 1. The Morgan fingerprint density at radius 1 is 1.19 bits per heavy atom. The van der Waals surface area contributed by atoms with E-state index in [0.717, 1.165) is 52.9 Å². The lowest BCUT2D eigenvalue weighted by Crippen LogP contribution is -2.59. The van der Waals surface area contributed by atoms with Crippen molar-refractivity contribution >= 4 is 21.8 Å². The first-order valence-electron chi connectivity index (χ1n) is 9.96. The summed E-state index contributed by atoms with van der Waals surface area (Å²) in [6.07, 6.45) is 9.46. The summed E-state index contributed by atoms with van der Waals surface area (Å²) in [7, 11) is 0. The van der Waals surface area contributed by atoms with E-state index in [1.54, 1.807) is 4.68 Å². The van der Waals surface area contributed by atoms with Gasteiger partial charge in [-0.2, -0.15) is 10.2 Å². The lowest BCUT2D eigenvalue weighted by atomic mass is 9.53. The third-order valence-electron chi connectivity index (χ3n) is 6.86. The van der Waals surface area contributed by atoms with Crippen molar-refractivity contribution in [1.82, 2.24) is 24.9 Å². The van der Waals surface area contributed by atoms with Gasteiger partial charge in [0.25, 0.3) is 5.91 Å². The van der Waals surface area contributed by atoms with E-state index in [2.05, 4.69) is 31.4 Å². The van der Waals surface area contributed by atoms with E-state index in [0.29, 0.717) is 12.4 Å². The molecule has 1 N–H and O–H groups in total. The van der Waals surface area contributed by atoms with Crippen LogP contribution >= 0.6 is 15.9 Å². The summed E-state index contributed by atoms with van der Waals surface area (Å²) < 4.78 is 4.70. The van der Waals surface area contributed by atoms with Crippen LogP contribution in [0, 0.1) is 31.6 Å². The average molecular weight is 432 g/mol. The fourth-order valence-corrected chi connectivity index (χ4v) is 6.36. The van der Waals surface area contributed by atoms with E-state index in [4.69, 9.17) is 0 Å². The molecule has 4 saturated carbocycles. The first kappa shape index (κ1) is 17.5. The minimum atomic E-state index is -0.0229. The topological polar surface area (TPSA) is 64.7 Å². The molecule has 4 aliphatic carbocycles. The molecule has 2 aromatic rings. The maximum atomic E-state index is 12.9. The molecule has 6 nitrogen and oxygen atoms in total. The zero-order valence-corrected chi connectivity index (χ0v) is 17.5. The Hall–Kier alpha value is -1.63. The molecule has 1 amide bonds. The summed E-state index contributed by atoms with van der Waals surface area (Å²) in [5.41, 5.74) is 2.55. The third kappa shape index (κ3) is 3.04. The first-order chi connectivity index (χ1) is 12.9. The van der Waals surface area contributed by atoms with Gasteiger partial charge in [0.15, 0.2) is 0 Å². The highest BCUT2D eigenvalue weighted by Gasteiger charge is 2.51. The molecular formula is C20H26BrN5O. The SMILES string of the molecule is Cc1nn(Cn2ccc(C(=O)NC34CC5CC(CC(C5)C3)C4)n2)c(C)c1Br. The number of aryl methyl sites for hydroxylation is 1. The van der Waals surface area contributed by atoms with Crippen LogP contribution in [0.3, 0.4) is 0 Å². The van der Waals surface area contributed by atoms with E-state index in [-0.39, 0.29) is 11.4 Å². The molecule has 27 heavy (non-hydrogen) atoms. The van der Waals surface area contributed by atoms with Gasteiger partial charge in [0.1, 0.15) is 12.4 Å². The van der Waals surface area contributed by atoms with Crippen molar-refractivity contribution in [1.29, 1.82) is 0 Å². The van der Waals surface area contributed by atoms with Crippen LogP contribution < -0.4 is 5.32 Å². The summed E-state index contributed by atoms with van der Waals surface area (Å²) >= 11 is 3.55. The van der Waals surface area contributed by atoms with Crippen molar-refractivity contribution in [2.24, 2.45) is 17.8 Å². The second-order valence-electron chi connectivity index (χ2n) is 9.02. The molecule has 4 fully saturated rings. The predicted molar refractivity (Wildman–Crippen MR) is 105 cm³/mol. The second-order valence-corrected chi connectivity index (χ2v) is 9.81. The van der Waals surface area contributed by atoms with Gasteiger partial charge < -0.3 is 5.32 Å². The number of aromatic nitrogens is 4. The van der Waals surface area contributed by atoms with Crippen LogP contribution in [0.1, 0.15) is 60.4 Å². The van der Waals surface area contributed by atoms with E-state index in [9.17, 15) is 4.79 Å². The highest BCUT2D eigenvalue weighted by molar-refractivity contribution is 9.10. The molecule has 0 aliphatic heterocycles. The molecule has 0 unspecified atom stereocenters. The highest BCUT2D eigenvalue weighted by Crippen LogP contribution is 2.55.